The molecule has 4 aliphatic carbocycles. The Labute approximate surface area is 210 Å². The van der Waals surface area contributed by atoms with Crippen LogP contribution in [0.5, 0.6) is 0 Å². The van der Waals surface area contributed by atoms with Crippen molar-refractivity contribution in [1.29, 1.82) is 0 Å². The van der Waals surface area contributed by atoms with Crippen molar-refractivity contribution < 1.29 is 30.0 Å². The van der Waals surface area contributed by atoms with Crippen molar-refractivity contribution in [2.75, 3.05) is 0 Å². The molecule has 4 saturated carbocycles. The number of hydrogen-bond acceptors (Lipinski definition) is 5. The fraction of sp³-hybridized carbons (Fsp3) is 0.862. The summed E-state index contributed by atoms with van der Waals surface area (Å²) in [6.45, 7) is 10.2. The normalized spacial score (nSPS) is 45.3. The molecule has 0 saturated heterocycles. The van der Waals surface area contributed by atoms with E-state index in [1.54, 1.807) is 6.92 Å². The first-order valence-corrected chi connectivity index (χ1v) is 13.8. The molecule has 35 heavy (non-hydrogen) atoms. The maximum Gasteiger partial charge on any atom is 0.303 e. The Morgan fingerprint density at radius 1 is 1.06 bits per heavy atom. The minimum absolute atomic E-state index is 0.0633. The molecule has 4 rings (SSSR count). The van der Waals surface area contributed by atoms with Crippen molar-refractivity contribution in [1.82, 2.24) is 0 Å². The Morgan fingerprint density at radius 3 is 2.43 bits per heavy atom. The van der Waals surface area contributed by atoms with Crippen LogP contribution in [0.25, 0.3) is 0 Å². The number of fused-ring (bicyclic) bond motifs is 5. The van der Waals surface area contributed by atoms with Crippen molar-refractivity contribution in [2.24, 2.45) is 46.3 Å². The minimum Gasteiger partial charge on any atom is -0.505 e. The van der Waals surface area contributed by atoms with Crippen molar-refractivity contribution >= 4 is 5.97 Å². The summed E-state index contributed by atoms with van der Waals surface area (Å²) in [6.07, 6.45) is 6.43. The highest BCUT2D eigenvalue weighted by atomic mass is 16.5. The molecule has 6 nitrogen and oxygen atoms in total. The standard InChI is InChI=1S/C29H46O6/c1-16(6-9-26(33)34)21-7-8-22-27-23(15-25(32)29(21,22)5)28(4)11-10-20(13-19(28)14-24(27)31)35-18(3)12-17(2)30/h16,19-25,27,30-32H,6-11,13-15H2,1-5H3,(H,33,34)/t12?,16-,19?,20?,21-,22?,23?,24-,25+,27?,28+,29-/m1/s1. The summed E-state index contributed by atoms with van der Waals surface area (Å²) in [4.78, 5) is 11.2. The summed E-state index contributed by atoms with van der Waals surface area (Å²) in [6, 6.07) is 0. The molecule has 0 bridgehead atoms. The Hall–Kier alpha value is -1.49. The molecule has 0 radical (unpaired) electrons. The highest BCUT2D eigenvalue weighted by Gasteiger charge is 2.65. The molecule has 0 spiro atoms. The molecule has 4 N–H and O–H groups in total. The summed E-state index contributed by atoms with van der Waals surface area (Å²) < 4.78 is 6.11. The fourth-order valence-electron chi connectivity index (χ4n) is 9.31. The highest BCUT2D eigenvalue weighted by molar-refractivity contribution is 5.66. The van der Waals surface area contributed by atoms with Crippen molar-refractivity contribution in [3.8, 4) is 0 Å². The lowest BCUT2D eigenvalue weighted by Gasteiger charge is -2.63. The van der Waals surface area contributed by atoms with Crippen LogP contribution in [0, 0.1) is 46.3 Å². The Kier molecular flexibility index (Phi) is 7.41. The van der Waals surface area contributed by atoms with Gasteiger partial charge < -0.3 is 25.2 Å². The lowest BCUT2D eigenvalue weighted by Crippen LogP contribution is -2.62. The zero-order chi connectivity index (χ0) is 25.7. The lowest BCUT2D eigenvalue weighted by atomic mass is 9.43. The molecular formula is C29H46O6. The second kappa shape index (κ2) is 9.76. The first-order chi connectivity index (χ1) is 16.4. The summed E-state index contributed by atoms with van der Waals surface area (Å²) in [5, 5.41) is 41.9. The average Bonchev–Trinajstić information content (AvgIpc) is 3.11. The molecule has 0 aromatic rings. The van der Waals surface area contributed by atoms with Gasteiger partial charge in [0.15, 0.2) is 0 Å². The second-order valence-corrected chi connectivity index (χ2v) is 12.8. The molecule has 6 heteroatoms. The molecule has 0 aliphatic heterocycles. The topological polar surface area (TPSA) is 107 Å². The maximum atomic E-state index is 11.7. The quantitative estimate of drug-likeness (QED) is 0.292. The van der Waals surface area contributed by atoms with Crippen LogP contribution in [0.4, 0.5) is 0 Å². The van der Waals surface area contributed by atoms with Crippen molar-refractivity contribution in [3.05, 3.63) is 17.2 Å². The fourth-order valence-corrected chi connectivity index (χ4v) is 9.31. The van der Waals surface area contributed by atoms with Crippen LogP contribution in [-0.2, 0) is 9.53 Å². The zero-order valence-corrected chi connectivity index (χ0v) is 22.2. The lowest BCUT2D eigenvalue weighted by molar-refractivity contribution is -0.207. The van der Waals surface area contributed by atoms with Gasteiger partial charge in [-0.1, -0.05) is 20.8 Å². The van der Waals surface area contributed by atoms with E-state index in [-0.39, 0.29) is 58.9 Å². The number of aliphatic hydroxyl groups excluding tert-OH is 3. The third-order valence-corrected chi connectivity index (χ3v) is 11.0. The van der Waals surface area contributed by atoms with Gasteiger partial charge >= 0.3 is 5.97 Å². The largest absolute Gasteiger partial charge is 0.505 e. The van der Waals surface area contributed by atoms with Crippen LogP contribution in [-0.4, -0.2) is 44.7 Å². The van der Waals surface area contributed by atoms with E-state index in [0.717, 1.165) is 44.9 Å². The number of allylic oxidation sites excluding steroid dienone is 1. The van der Waals surface area contributed by atoms with E-state index in [4.69, 9.17) is 4.74 Å². The van der Waals surface area contributed by atoms with Crippen LogP contribution in [0.3, 0.4) is 0 Å². The monoisotopic (exact) mass is 490 g/mol. The molecule has 198 valence electrons. The smallest absolute Gasteiger partial charge is 0.303 e. The van der Waals surface area contributed by atoms with Gasteiger partial charge in [0.25, 0.3) is 0 Å². The van der Waals surface area contributed by atoms with E-state index in [0.29, 0.717) is 24.0 Å². The van der Waals surface area contributed by atoms with E-state index in [2.05, 4.69) is 26.5 Å². The Bertz CT molecular complexity index is 872. The van der Waals surface area contributed by atoms with Gasteiger partial charge in [-0.3, -0.25) is 4.79 Å². The Morgan fingerprint density at radius 2 is 1.77 bits per heavy atom. The summed E-state index contributed by atoms with van der Waals surface area (Å²) in [5.41, 5.74) is 2.65. The van der Waals surface area contributed by atoms with Crippen LogP contribution < -0.4 is 0 Å². The molecule has 4 fully saturated rings. The van der Waals surface area contributed by atoms with Crippen LogP contribution in [0.2, 0.25) is 0 Å². The van der Waals surface area contributed by atoms with Gasteiger partial charge in [-0.2, -0.15) is 0 Å². The van der Waals surface area contributed by atoms with Crippen LogP contribution in [0.15, 0.2) is 17.2 Å². The highest BCUT2D eigenvalue weighted by Crippen LogP contribution is 2.68. The minimum atomic E-state index is -0.754. The number of ether oxygens (including phenoxy) is 1. The van der Waals surface area contributed by atoms with E-state index >= 15 is 0 Å². The average molecular weight is 491 g/mol. The number of hydrogen-bond donors (Lipinski definition) is 4. The molecule has 0 amide bonds. The molecule has 0 aromatic carbocycles. The van der Waals surface area contributed by atoms with Crippen LogP contribution >= 0.6 is 0 Å². The molecule has 0 aromatic heterocycles. The van der Waals surface area contributed by atoms with Gasteiger partial charge in [0.2, 0.25) is 0 Å². The molecular weight excluding hydrogens is 444 g/mol. The van der Waals surface area contributed by atoms with Crippen molar-refractivity contribution in [3.63, 3.8) is 0 Å². The first kappa shape index (κ1) is 26.6. The molecule has 5 unspecified atom stereocenters. The van der Waals surface area contributed by atoms with E-state index in [1.165, 1.54) is 0 Å². The number of carbonyl (C=O) groups is 1. The third kappa shape index (κ3) is 4.67. The van der Waals surface area contributed by atoms with E-state index in [9.17, 15) is 25.2 Å². The van der Waals surface area contributed by atoms with Gasteiger partial charge in [0, 0.05) is 20.3 Å². The predicted molar refractivity (Wildman–Crippen MR) is 133 cm³/mol. The van der Waals surface area contributed by atoms with E-state index in [1.807, 2.05) is 6.92 Å². The third-order valence-electron chi connectivity index (χ3n) is 11.0. The number of aliphatic carboxylic acids is 1. The van der Waals surface area contributed by atoms with Gasteiger partial charge in [0.05, 0.1) is 18.3 Å². The molecule has 11 atom stereocenters. The summed E-state index contributed by atoms with van der Waals surface area (Å²) in [7, 11) is 0. The zero-order valence-electron chi connectivity index (χ0n) is 22.2. The summed E-state index contributed by atoms with van der Waals surface area (Å²) >= 11 is 0. The van der Waals surface area contributed by atoms with Gasteiger partial charge in [-0.25, -0.2) is 0 Å². The van der Waals surface area contributed by atoms with Gasteiger partial charge in [0.1, 0.15) is 11.5 Å². The number of carboxylic acid groups (broad SMARTS) is 1. The summed E-state index contributed by atoms with van der Waals surface area (Å²) in [5.74, 6) is 1.60. The first-order valence-electron chi connectivity index (χ1n) is 13.8. The van der Waals surface area contributed by atoms with E-state index < -0.39 is 12.1 Å². The number of rotatable bonds is 6. The van der Waals surface area contributed by atoms with Crippen molar-refractivity contribution in [2.45, 2.75) is 111 Å². The second-order valence-electron chi connectivity index (χ2n) is 12.8. The number of aliphatic hydroxyl groups is 3. The molecule has 4 aliphatic rings. The van der Waals surface area contributed by atoms with Gasteiger partial charge in [-0.05, 0) is 103 Å². The SMILES string of the molecule is CC(O)=C=C(C)OC1CC[C@@]2(C)C(C1)C[C@@H](O)C1C2C[C@H](O)[C@@]2(C)C1CC[C@@H]2[C@H](C)CCC(=O)O. The maximum absolute atomic E-state index is 11.7. The number of carboxylic acids is 1. The molecule has 0 heterocycles. The predicted octanol–water partition coefficient (Wildman–Crippen LogP) is 5.44. The van der Waals surface area contributed by atoms with Gasteiger partial charge in [-0.15, -0.1) is 0 Å². The Balaban J connectivity index is 1.54. The van der Waals surface area contributed by atoms with Crippen LogP contribution in [0.1, 0.15) is 92.4 Å².